The first kappa shape index (κ1) is 21.5. The zero-order chi connectivity index (χ0) is 19.4. The van der Waals surface area contributed by atoms with E-state index in [-0.39, 0.29) is 5.41 Å². The van der Waals surface area contributed by atoms with E-state index in [1.54, 1.807) is 10.7 Å². The van der Waals surface area contributed by atoms with Crippen LogP contribution in [0.1, 0.15) is 52.0 Å². The number of rotatable bonds is 8. The molecule has 1 unspecified atom stereocenters. The molecule has 2 rings (SSSR count). The topological polar surface area (TPSA) is 50.9 Å². The number of aliphatic hydroxyl groups is 1. The van der Waals surface area contributed by atoms with Gasteiger partial charge in [-0.05, 0) is 42.4 Å². The van der Waals surface area contributed by atoms with Gasteiger partial charge in [0.15, 0.2) is 5.16 Å². The van der Waals surface area contributed by atoms with Crippen molar-refractivity contribution in [3.05, 3.63) is 40.1 Å². The minimum Gasteiger partial charge on any atom is -0.387 e. The monoisotopic (exact) mass is 415 g/mol. The number of hydrogen-bond donors (Lipinski definition) is 2. The van der Waals surface area contributed by atoms with Crippen LogP contribution in [-0.4, -0.2) is 25.5 Å². The van der Waals surface area contributed by atoms with Crippen LogP contribution in [0, 0.1) is 5.41 Å². The molecule has 144 valence electrons. The van der Waals surface area contributed by atoms with Gasteiger partial charge < -0.3 is 5.11 Å². The average molecular weight is 416 g/mol. The van der Waals surface area contributed by atoms with Crippen molar-refractivity contribution in [1.82, 2.24) is 14.8 Å². The van der Waals surface area contributed by atoms with E-state index in [1.807, 2.05) is 12.1 Å². The summed E-state index contributed by atoms with van der Waals surface area (Å²) in [7, 11) is 0. The van der Waals surface area contributed by atoms with E-state index in [0.717, 1.165) is 36.3 Å². The second kappa shape index (κ2) is 8.96. The SMILES string of the molecule is CC(C)(C)C(O)(CCCCCc1ccc(Cl)cc1Cl)Cn1ncnc1S. The second-order valence-corrected chi connectivity index (χ2v) is 9.04. The van der Waals surface area contributed by atoms with Gasteiger partial charge in [-0.15, -0.1) is 12.6 Å². The second-order valence-electron chi connectivity index (χ2n) is 7.80. The van der Waals surface area contributed by atoms with E-state index in [2.05, 4.69) is 43.5 Å². The minimum absolute atomic E-state index is 0.279. The first-order chi connectivity index (χ1) is 12.1. The van der Waals surface area contributed by atoms with Crippen molar-refractivity contribution in [2.75, 3.05) is 0 Å². The minimum atomic E-state index is -0.879. The average Bonchev–Trinajstić information content (AvgIpc) is 2.92. The van der Waals surface area contributed by atoms with Crippen molar-refractivity contribution in [1.29, 1.82) is 0 Å². The lowest BCUT2D eigenvalue weighted by Gasteiger charge is -2.40. The van der Waals surface area contributed by atoms with E-state index in [0.29, 0.717) is 23.1 Å². The van der Waals surface area contributed by atoms with Gasteiger partial charge >= 0.3 is 0 Å². The van der Waals surface area contributed by atoms with Crippen molar-refractivity contribution in [3.8, 4) is 0 Å². The Morgan fingerprint density at radius 1 is 1.15 bits per heavy atom. The third-order valence-electron chi connectivity index (χ3n) is 4.95. The van der Waals surface area contributed by atoms with Gasteiger partial charge in [-0.25, -0.2) is 9.67 Å². The maximum atomic E-state index is 11.3. The fourth-order valence-corrected chi connectivity index (χ4v) is 3.62. The molecule has 1 atom stereocenters. The molecule has 0 fully saturated rings. The number of thiol groups is 1. The summed E-state index contributed by atoms with van der Waals surface area (Å²) in [5.41, 5.74) is -0.0427. The molecule has 0 aliphatic rings. The molecule has 0 radical (unpaired) electrons. The summed E-state index contributed by atoms with van der Waals surface area (Å²) in [6.07, 6.45) is 6.02. The lowest BCUT2D eigenvalue weighted by molar-refractivity contribution is -0.0830. The summed E-state index contributed by atoms with van der Waals surface area (Å²) >= 11 is 16.5. The maximum Gasteiger partial charge on any atom is 0.183 e. The Kier molecular flexibility index (Phi) is 7.43. The van der Waals surface area contributed by atoms with Crippen LogP contribution in [-0.2, 0) is 13.0 Å². The Bertz CT molecular complexity index is 730. The molecule has 7 heteroatoms. The first-order valence-corrected chi connectivity index (χ1v) is 10.1. The van der Waals surface area contributed by atoms with Crippen molar-refractivity contribution in [3.63, 3.8) is 0 Å². The Balaban J connectivity index is 1.88. The predicted molar refractivity (Wildman–Crippen MR) is 110 cm³/mol. The smallest absolute Gasteiger partial charge is 0.183 e. The molecule has 0 saturated heterocycles. The number of hydrogen-bond acceptors (Lipinski definition) is 4. The van der Waals surface area contributed by atoms with Crippen LogP contribution in [0.3, 0.4) is 0 Å². The summed E-state index contributed by atoms with van der Waals surface area (Å²) in [6, 6.07) is 5.63. The Morgan fingerprint density at radius 3 is 2.46 bits per heavy atom. The molecule has 4 nitrogen and oxygen atoms in total. The van der Waals surface area contributed by atoms with Gasteiger partial charge in [-0.2, -0.15) is 5.10 Å². The third-order valence-corrected chi connectivity index (χ3v) is 5.89. The number of halogens is 2. The molecule has 0 aliphatic heterocycles. The van der Waals surface area contributed by atoms with Gasteiger partial charge in [0.05, 0.1) is 12.1 Å². The Hall–Kier alpha value is -0.750. The first-order valence-electron chi connectivity index (χ1n) is 8.85. The highest BCUT2D eigenvalue weighted by atomic mass is 35.5. The molecule has 2 aromatic rings. The largest absolute Gasteiger partial charge is 0.387 e. The quantitative estimate of drug-likeness (QED) is 0.444. The van der Waals surface area contributed by atoms with E-state index < -0.39 is 5.60 Å². The van der Waals surface area contributed by atoms with E-state index in [1.165, 1.54) is 6.33 Å². The summed E-state index contributed by atoms with van der Waals surface area (Å²) in [5.74, 6) is 0. The molecule has 0 aliphatic carbocycles. The summed E-state index contributed by atoms with van der Waals surface area (Å²) in [5, 5.41) is 17.3. The van der Waals surface area contributed by atoms with Gasteiger partial charge in [0.2, 0.25) is 0 Å². The number of aryl methyl sites for hydroxylation is 1. The molecule has 1 heterocycles. The Morgan fingerprint density at radius 2 is 1.88 bits per heavy atom. The van der Waals surface area contributed by atoms with Gasteiger partial charge in [0.25, 0.3) is 0 Å². The zero-order valence-electron chi connectivity index (χ0n) is 15.5. The highest BCUT2D eigenvalue weighted by Crippen LogP contribution is 2.36. The maximum absolute atomic E-state index is 11.3. The normalized spacial score (nSPS) is 14.4. The molecule has 0 saturated carbocycles. The fourth-order valence-electron chi connectivity index (χ4n) is 2.94. The van der Waals surface area contributed by atoms with E-state index in [9.17, 15) is 5.11 Å². The van der Waals surface area contributed by atoms with Crippen molar-refractivity contribution < 1.29 is 5.11 Å². The van der Waals surface area contributed by atoms with Gasteiger partial charge in [-0.3, -0.25) is 0 Å². The lowest BCUT2D eigenvalue weighted by atomic mass is 9.73. The molecular formula is C19H27Cl2N3OS. The highest BCUT2D eigenvalue weighted by molar-refractivity contribution is 7.80. The molecule has 0 bridgehead atoms. The van der Waals surface area contributed by atoms with E-state index >= 15 is 0 Å². The predicted octanol–water partition coefficient (Wildman–Crippen LogP) is 5.45. The summed E-state index contributed by atoms with van der Waals surface area (Å²) in [4.78, 5) is 4.02. The number of benzene rings is 1. The highest BCUT2D eigenvalue weighted by Gasteiger charge is 2.40. The third kappa shape index (κ3) is 5.62. The van der Waals surface area contributed by atoms with Crippen LogP contribution in [0.25, 0.3) is 0 Å². The standard InChI is InChI=1S/C19H27Cl2N3OS/c1-18(2,3)19(25,12-24-17(26)22-13-23-24)10-6-4-5-7-14-8-9-15(20)11-16(14)21/h8-9,11,13,25H,4-7,10,12H2,1-3H3,(H,22,23,26). The molecule has 0 spiro atoms. The molecule has 1 aromatic heterocycles. The van der Waals surface area contributed by atoms with Gasteiger partial charge in [0.1, 0.15) is 6.33 Å². The van der Waals surface area contributed by atoms with Crippen LogP contribution in [0.2, 0.25) is 10.0 Å². The van der Waals surface area contributed by atoms with Crippen LogP contribution >= 0.6 is 35.8 Å². The molecule has 26 heavy (non-hydrogen) atoms. The summed E-state index contributed by atoms with van der Waals surface area (Å²) in [6.45, 7) is 6.54. The van der Waals surface area contributed by atoms with Gasteiger partial charge in [-0.1, -0.05) is 62.9 Å². The van der Waals surface area contributed by atoms with Crippen LogP contribution < -0.4 is 0 Å². The van der Waals surface area contributed by atoms with Gasteiger partial charge in [0, 0.05) is 10.0 Å². The summed E-state index contributed by atoms with van der Waals surface area (Å²) < 4.78 is 1.65. The van der Waals surface area contributed by atoms with Crippen LogP contribution in [0.4, 0.5) is 0 Å². The van der Waals surface area contributed by atoms with Crippen molar-refractivity contribution in [2.24, 2.45) is 5.41 Å². The van der Waals surface area contributed by atoms with Crippen molar-refractivity contribution in [2.45, 2.75) is 70.2 Å². The molecule has 1 aromatic carbocycles. The fraction of sp³-hybridized carbons (Fsp3) is 0.579. The zero-order valence-corrected chi connectivity index (χ0v) is 18.0. The number of unbranched alkanes of at least 4 members (excludes halogenated alkanes) is 2. The number of nitrogens with zero attached hydrogens (tertiary/aromatic N) is 3. The van der Waals surface area contributed by atoms with Crippen LogP contribution in [0.15, 0.2) is 29.7 Å². The lowest BCUT2D eigenvalue weighted by Crippen LogP contribution is -2.46. The molecular weight excluding hydrogens is 389 g/mol. The van der Waals surface area contributed by atoms with Crippen LogP contribution in [0.5, 0.6) is 0 Å². The number of aromatic nitrogens is 3. The Labute approximate surface area is 171 Å². The van der Waals surface area contributed by atoms with E-state index in [4.69, 9.17) is 23.2 Å². The molecule has 1 N–H and O–H groups in total. The van der Waals surface area contributed by atoms with Crippen molar-refractivity contribution >= 4 is 35.8 Å². The molecule has 0 amide bonds.